The predicted molar refractivity (Wildman–Crippen MR) is 47.0 cm³/mol. The molecule has 4 N–H and O–H groups in total. The summed E-state index contributed by atoms with van der Waals surface area (Å²) in [5.74, 6) is -0.530. The van der Waals surface area contributed by atoms with Crippen LogP contribution in [0.2, 0.25) is 0 Å². The van der Waals surface area contributed by atoms with Crippen LogP contribution in [0.3, 0.4) is 0 Å². The molecule has 3 nitrogen and oxygen atoms in total. The molecule has 0 radical (unpaired) electrons. The van der Waals surface area contributed by atoms with Crippen LogP contribution in [0.4, 0.5) is 10.1 Å². The number of nitrogens with one attached hydrogen (secondary N) is 2. The van der Waals surface area contributed by atoms with Gasteiger partial charge in [-0.05, 0) is 18.2 Å². The van der Waals surface area contributed by atoms with Crippen molar-refractivity contribution in [2.24, 2.45) is 5.73 Å². The zero-order chi connectivity index (χ0) is 9.14. The van der Waals surface area contributed by atoms with Crippen molar-refractivity contribution in [3.8, 4) is 0 Å². The summed E-state index contributed by atoms with van der Waals surface area (Å²) >= 11 is 0. The van der Waals surface area contributed by atoms with E-state index in [1.807, 2.05) is 0 Å². The van der Waals surface area contributed by atoms with Crippen LogP contribution in [-0.4, -0.2) is 12.9 Å². The predicted octanol–water partition coefficient (Wildman–Crippen LogP) is 1.15. The van der Waals surface area contributed by atoms with Crippen molar-refractivity contribution in [3.05, 3.63) is 29.6 Å². The average molecular weight is 167 g/mol. The van der Waals surface area contributed by atoms with Gasteiger partial charge in [0.15, 0.2) is 0 Å². The van der Waals surface area contributed by atoms with Gasteiger partial charge in [0.2, 0.25) is 0 Å². The number of nitrogens with two attached hydrogens (primary N) is 1. The van der Waals surface area contributed by atoms with E-state index in [1.54, 1.807) is 13.1 Å². The van der Waals surface area contributed by atoms with Crippen LogP contribution in [0.25, 0.3) is 0 Å². The number of rotatable bonds is 2. The van der Waals surface area contributed by atoms with E-state index in [0.29, 0.717) is 11.3 Å². The smallest absolute Gasteiger partial charge is 0.124 e. The Morgan fingerprint density at radius 3 is 2.75 bits per heavy atom. The molecule has 0 aliphatic rings. The molecule has 64 valence electrons. The van der Waals surface area contributed by atoms with E-state index >= 15 is 0 Å². The van der Waals surface area contributed by atoms with Gasteiger partial charge < -0.3 is 11.1 Å². The van der Waals surface area contributed by atoms with E-state index in [1.165, 1.54) is 12.1 Å². The molecular weight excluding hydrogens is 157 g/mol. The van der Waals surface area contributed by atoms with Gasteiger partial charge in [-0.1, -0.05) is 0 Å². The minimum absolute atomic E-state index is 0.140. The lowest BCUT2D eigenvalue weighted by Gasteiger charge is -2.06. The molecule has 0 saturated heterocycles. The number of hydrogen-bond acceptors (Lipinski definition) is 2. The van der Waals surface area contributed by atoms with Crippen LogP contribution in [0.15, 0.2) is 18.2 Å². The molecule has 0 aromatic heterocycles. The number of anilines is 1. The summed E-state index contributed by atoms with van der Waals surface area (Å²) in [4.78, 5) is 0. The first-order chi connectivity index (χ1) is 5.65. The van der Waals surface area contributed by atoms with Crippen molar-refractivity contribution in [3.63, 3.8) is 0 Å². The Hall–Kier alpha value is -1.58. The summed E-state index contributed by atoms with van der Waals surface area (Å²) in [6, 6.07) is 4.10. The first kappa shape index (κ1) is 8.52. The fourth-order valence-corrected chi connectivity index (χ4v) is 0.957. The van der Waals surface area contributed by atoms with E-state index in [0.717, 1.165) is 0 Å². The second-order valence-corrected chi connectivity index (χ2v) is 2.35. The SMILES string of the molecule is CNc1ccc(F)cc1C(=N)N. The van der Waals surface area contributed by atoms with Gasteiger partial charge in [-0.15, -0.1) is 0 Å². The lowest BCUT2D eigenvalue weighted by Crippen LogP contribution is -2.13. The highest BCUT2D eigenvalue weighted by Crippen LogP contribution is 2.15. The van der Waals surface area contributed by atoms with Crippen LogP contribution in [0.1, 0.15) is 5.56 Å². The molecule has 0 atom stereocenters. The van der Waals surface area contributed by atoms with Crippen LogP contribution in [-0.2, 0) is 0 Å². The fourth-order valence-electron chi connectivity index (χ4n) is 0.957. The summed E-state index contributed by atoms with van der Waals surface area (Å²) in [5.41, 5.74) is 6.28. The molecule has 0 aliphatic heterocycles. The molecule has 1 aromatic rings. The first-order valence-corrected chi connectivity index (χ1v) is 3.47. The topological polar surface area (TPSA) is 61.9 Å². The van der Waals surface area contributed by atoms with Crippen LogP contribution in [0, 0.1) is 11.2 Å². The van der Waals surface area contributed by atoms with E-state index < -0.39 is 0 Å². The van der Waals surface area contributed by atoms with Gasteiger partial charge in [-0.2, -0.15) is 0 Å². The van der Waals surface area contributed by atoms with Crippen molar-refractivity contribution < 1.29 is 4.39 Å². The highest BCUT2D eigenvalue weighted by Gasteiger charge is 2.04. The van der Waals surface area contributed by atoms with Crippen molar-refractivity contribution >= 4 is 11.5 Å². The highest BCUT2D eigenvalue weighted by atomic mass is 19.1. The van der Waals surface area contributed by atoms with Crippen molar-refractivity contribution in [2.45, 2.75) is 0 Å². The number of hydrogen-bond donors (Lipinski definition) is 3. The fraction of sp³-hybridized carbons (Fsp3) is 0.125. The number of nitrogen functional groups attached to an aromatic ring is 1. The normalized spacial score (nSPS) is 9.50. The molecule has 0 saturated carbocycles. The summed E-state index contributed by atoms with van der Waals surface area (Å²) in [5, 5.41) is 9.96. The van der Waals surface area contributed by atoms with Crippen LogP contribution in [0.5, 0.6) is 0 Å². The maximum Gasteiger partial charge on any atom is 0.124 e. The van der Waals surface area contributed by atoms with Crippen molar-refractivity contribution in [2.75, 3.05) is 12.4 Å². The van der Waals surface area contributed by atoms with E-state index in [-0.39, 0.29) is 11.7 Å². The van der Waals surface area contributed by atoms with Crippen LogP contribution < -0.4 is 11.1 Å². The van der Waals surface area contributed by atoms with Gasteiger partial charge in [-0.3, -0.25) is 5.41 Å². The van der Waals surface area contributed by atoms with Gasteiger partial charge >= 0.3 is 0 Å². The lowest BCUT2D eigenvalue weighted by molar-refractivity contribution is 0.627. The molecule has 1 aromatic carbocycles. The second kappa shape index (κ2) is 3.21. The Morgan fingerprint density at radius 2 is 2.25 bits per heavy atom. The number of benzene rings is 1. The number of amidine groups is 1. The maximum atomic E-state index is 12.7. The molecule has 4 heteroatoms. The van der Waals surface area contributed by atoms with Gasteiger partial charge in [-0.25, -0.2) is 4.39 Å². The molecule has 0 unspecified atom stereocenters. The largest absolute Gasteiger partial charge is 0.388 e. The van der Waals surface area contributed by atoms with Crippen molar-refractivity contribution in [1.82, 2.24) is 0 Å². The van der Waals surface area contributed by atoms with Gasteiger partial charge in [0.25, 0.3) is 0 Å². The van der Waals surface area contributed by atoms with Gasteiger partial charge in [0, 0.05) is 18.3 Å². The Balaban J connectivity index is 3.21. The Labute approximate surface area is 69.9 Å². The van der Waals surface area contributed by atoms with Gasteiger partial charge in [0.1, 0.15) is 11.7 Å². The van der Waals surface area contributed by atoms with Gasteiger partial charge in [0.05, 0.1) is 0 Å². The molecule has 0 amide bonds. The van der Waals surface area contributed by atoms with E-state index in [4.69, 9.17) is 11.1 Å². The molecule has 0 spiro atoms. The lowest BCUT2D eigenvalue weighted by atomic mass is 10.1. The second-order valence-electron chi connectivity index (χ2n) is 2.35. The Kier molecular flexibility index (Phi) is 2.28. The third-order valence-electron chi connectivity index (χ3n) is 1.54. The van der Waals surface area contributed by atoms with Crippen molar-refractivity contribution in [1.29, 1.82) is 5.41 Å². The highest BCUT2D eigenvalue weighted by molar-refractivity contribution is 6.00. The zero-order valence-electron chi connectivity index (χ0n) is 6.69. The Bertz CT molecular complexity index is 309. The summed E-state index contributed by atoms with van der Waals surface area (Å²) < 4.78 is 12.7. The average Bonchev–Trinajstić information content (AvgIpc) is 2.04. The third-order valence-corrected chi connectivity index (χ3v) is 1.54. The molecular formula is C8H10FN3. The Morgan fingerprint density at radius 1 is 1.58 bits per heavy atom. The van der Waals surface area contributed by atoms with E-state index in [9.17, 15) is 4.39 Å². The summed E-state index contributed by atoms with van der Waals surface area (Å²) in [6.07, 6.45) is 0. The molecule has 1 rings (SSSR count). The monoisotopic (exact) mass is 167 g/mol. The standard InChI is InChI=1S/C8H10FN3/c1-12-7-3-2-5(9)4-6(7)8(10)11/h2-4,12H,1H3,(H3,10,11). The summed E-state index contributed by atoms with van der Waals surface area (Å²) in [6.45, 7) is 0. The molecule has 0 bridgehead atoms. The minimum Gasteiger partial charge on any atom is -0.388 e. The molecule has 12 heavy (non-hydrogen) atoms. The van der Waals surface area contributed by atoms with Crippen LogP contribution >= 0.6 is 0 Å². The first-order valence-electron chi connectivity index (χ1n) is 3.47. The quantitative estimate of drug-likeness (QED) is 0.457. The van der Waals surface area contributed by atoms with E-state index in [2.05, 4.69) is 5.32 Å². The minimum atomic E-state index is -0.390. The number of halogens is 1. The third kappa shape index (κ3) is 1.53. The molecule has 0 aliphatic carbocycles. The molecule has 0 fully saturated rings. The zero-order valence-corrected chi connectivity index (χ0v) is 6.69. The maximum absolute atomic E-state index is 12.7. The summed E-state index contributed by atoms with van der Waals surface area (Å²) in [7, 11) is 1.69. The molecule has 0 heterocycles.